The summed E-state index contributed by atoms with van der Waals surface area (Å²) >= 11 is 0. The lowest BCUT2D eigenvalue weighted by Crippen LogP contribution is -2.51. The second-order valence-corrected chi connectivity index (χ2v) is 3.69. The summed E-state index contributed by atoms with van der Waals surface area (Å²) in [5.74, 6) is 0. The van der Waals surface area contributed by atoms with Gasteiger partial charge in [-0.05, 0) is 18.6 Å². The lowest BCUT2D eigenvalue weighted by atomic mass is 10.0. The van der Waals surface area contributed by atoms with E-state index in [2.05, 4.69) is 5.32 Å². The molecule has 4 N–H and O–H groups in total. The highest BCUT2D eigenvalue weighted by Gasteiger charge is 2.25. The van der Waals surface area contributed by atoms with E-state index in [0.717, 1.165) is 16.8 Å². The van der Waals surface area contributed by atoms with Gasteiger partial charge in [-0.1, -0.05) is 12.1 Å². The minimum absolute atomic E-state index is 0.295. The van der Waals surface area contributed by atoms with Gasteiger partial charge < -0.3 is 15.7 Å². The van der Waals surface area contributed by atoms with Crippen molar-refractivity contribution in [2.24, 2.45) is 5.73 Å². The number of nitrogens with two attached hydrogens (primary N) is 1. The van der Waals surface area contributed by atoms with Gasteiger partial charge in [0, 0.05) is 18.3 Å². The number of hydrogen-bond donors (Lipinski definition) is 3. The molecular formula is C10H15N3O. The fraction of sp³-hybridized carbons (Fsp3) is 0.400. The van der Waals surface area contributed by atoms with Gasteiger partial charge in [0.15, 0.2) is 6.35 Å². The number of aliphatic hydroxyl groups excluding tert-OH is 1. The van der Waals surface area contributed by atoms with Crippen molar-refractivity contribution in [3.63, 3.8) is 0 Å². The Labute approximate surface area is 83.3 Å². The lowest BCUT2D eigenvalue weighted by molar-refractivity contribution is 0.115. The van der Waals surface area contributed by atoms with Gasteiger partial charge in [0.05, 0.1) is 6.17 Å². The molecule has 2 unspecified atom stereocenters. The van der Waals surface area contributed by atoms with Crippen LogP contribution in [0.3, 0.4) is 0 Å². The summed E-state index contributed by atoms with van der Waals surface area (Å²) in [5.41, 5.74) is 9.02. The van der Waals surface area contributed by atoms with Crippen molar-refractivity contribution < 1.29 is 5.11 Å². The van der Waals surface area contributed by atoms with Crippen LogP contribution in [0.25, 0.3) is 0 Å². The second kappa shape index (κ2) is 3.24. The molecule has 2 atom stereocenters. The van der Waals surface area contributed by atoms with E-state index in [9.17, 15) is 5.11 Å². The number of aliphatic hydroxyl groups is 1. The van der Waals surface area contributed by atoms with Crippen molar-refractivity contribution in [2.45, 2.75) is 19.4 Å². The van der Waals surface area contributed by atoms with Crippen LogP contribution in [0.1, 0.15) is 17.3 Å². The molecular weight excluding hydrogens is 178 g/mol. The van der Waals surface area contributed by atoms with E-state index >= 15 is 0 Å². The Morgan fingerprint density at radius 3 is 2.93 bits per heavy atom. The SMILES string of the molecule is Cc1ccc2c(c1)N(C)C(O)NC2N. The quantitative estimate of drug-likeness (QED) is 0.553. The first-order valence-electron chi connectivity index (χ1n) is 4.62. The second-order valence-electron chi connectivity index (χ2n) is 3.69. The van der Waals surface area contributed by atoms with Crippen LogP contribution in [0.4, 0.5) is 5.69 Å². The first-order valence-corrected chi connectivity index (χ1v) is 4.62. The molecule has 1 aromatic carbocycles. The van der Waals surface area contributed by atoms with E-state index in [1.54, 1.807) is 4.90 Å². The van der Waals surface area contributed by atoms with Crippen LogP contribution in [0.15, 0.2) is 18.2 Å². The Kier molecular flexibility index (Phi) is 2.19. The van der Waals surface area contributed by atoms with Crippen LogP contribution in [-0.4, -0.2) is 18.5 Å². The Bertz CT molecular complexity index is 353. The van der Waals surface area contributed by atoms with Crippen LogP contribution in [0, 0.1) is 6.92 Å². The van der Waals surface area contributed by atoms with Crippen LogP contribution in [-0.2, 0) is 0 Å². The maximum Gasteiger partial charge on any atom is 0.185 e. The highest BCUT2D eigenvalue weighted by Crippen LogP contribution is 2.29. The zero-order chi connectivity index (χ0) is 10.3. The van der Waals surface area contributed by atoms with E-state index in [0.29, 0.717) is 0 Å². The van der Waals surface area contributed by atoms with Gasteiger partial charge in [-0.2, -0.15) is 0 Å². The molecule has 4 heteroatoms. The Balaban J connectivity index is 2.51. The maximum atomic E-state index is 9.62. The van der Waals surface area contributed by atoms with Crippen molar-refractivity contribution in [1.29, 1.82) is 0 Å². The lowest BCUT2D eigenvalue weighted by Gasteiger charge is -2.36. The summed E-state index contributed by atoms with van der Waals surface area (Å²) in [6.45, 7) is 2.02. The predicted molar refractivity (Wildman–Crippen MR) is 55.7 cm³/mol. The number of aryl methyl sites for hydroxylation is 1. The van der Waals surface area contributed by atoms with Gasteiger partial charge in [-0.3, -0.25) is 5.32 Å². The summed E-state index contributed by atoms with van der Waals surface area (Å²) in [6.07, 6.45) is -1.00. The molecule has 2 rings (SSSR count). The van der Waals surface area contributed by atoms with E-state index in [1.165, 1.54) is 0 Å². The molecule has 1 aromatic rings. The van der Waals surface area contributed by atoms with Gasteiger partial charge in [0.25, 0.3) is 0 Å². The number of fused-ring (bicyclic) bond motifs is 1. The molecule has 14 heavy (non-hydrogen) atoms. The monoisotopic (exact) mass is 193 g/mol. The first-order chi connectivity index (χ1) is 6.59. The molecule has 0 aliphatic carbocycles. The fourth-order valence-electron chi connectivity index (χ4n) is 1.72. The molecule has 0 amide bonds. The van der Waals surface area contributed by atoms with Gasteiger partial charge in [-0.15, -0.1) is 0 Å². The number of nitrogens with one attached hydrogen (secondary N) is 1. The standard InChI is InChI=1S/C10H15N3O/c1-6-3-4-7-8(5-6)13(2)10(14)12-9(7)11/h3-5,9-10,12,14H,11H2,1-2H3. The minimum Gasteiger partial charge on any atom is -0.361 e. The fourth-order valence-corrected chi connectivity index (χ4v) is 1.72. The molecule has 0 radical (unpaired) electrons. The summed E-state index contributed by atoms with van der Waals surface area (Å²) in [5, 5.41) is 12.5. The Hall–Kier alpha value is -1.10. The summed E-state index contributed by atoms with van der Waals surface area (Å²) in [7, 11) is 1.84. The average Bonchev–Trinajstić information content (AvgIpc) is 2.14. The third kappa shape index (κ3) is 1.37. The van der Waals surface area contributed by atoms with Gasteiger partial charge in [0.2, 0.25) is 0 Å². The summed E-state index contributed by atoms with van der Waals surface area (Å²) in [4.78, 5) is 1.77. The molecule has 1 aliphatic heterocycles. The van der Waals surface area contributed by atoms with E-state index in [4.69, 9.17) is 5.73 Å². The number of hydrogen-bond acceptors (Lipinski definition) is 4. The molecule has 1 heterocycles. The van der Waals surface area contributed by atoms with Gasteiger partial charge >= 0.3 is 0 Å². The molecule has 0 saturated carbocycles. The number of benzene rings is 1. The molecule has 0 saturated heterocycles. The Morgan fingerprint density at radius 1 is 1.50 bits per heavy atom. The highest BCUT2D eigenvalue weighted by molar-refractivity contribution is 5.57. The van der Waals surface area contributed by atoms with Crippen molar-refractivity contribution in [2.75, 3.05) is 11.9 Å². The van der Waals surface area contributed by atoms with Crippen molar-refractivity contribution >= 4 is 5.69 Å². The van der Waals surface area contributed by atoms with E-state index < -0.39 is 6.35 Å². The van der Waals surface area contributed by atoms with E-state index in [-0.39, 0.29) is 6.17 Å². The first kappa shape index (κ1) is 9.45. The number of anilines is 1. The summed E-state index contributed by atoms with van der Waals surface area (Å²) in [6, 6.07) is 6.04. The Morgan fingerprint density at radius 2 is 2.21 bits per heavy atom. The largest absolute Gasteiger partial charge is 0.361 e. The van der Waals surface area contributed by atoms with Crippen molar-refractivity contribution in [3.05, 3.63) is 29.3 Å². The molecule has 1 aliphatic rings. The zero-order valence-electron chi connectivity index (χ0n) is 8.36. The van der Waals surface area contributed by atoms with Crippen LogP contribution < -0.4 is 16.0 Å². The third-order valence-electron chi connectivity index (χ3n) is 2.60. The van der Waals surface area contributed by atoms with Crippen molar-refractivity contribution in [1.82, 2.24) is 5.32 Å². The molecule has 76 valence electrons. The highest BCUT2D eigenvalue weighted by atomic mass is 16.3. The zero-order valence-corrected chi connectivity index (χ0v) is 8.36. The topological polar surface area (TPSA) is 61.5 Å². The smallest absolute Gasteiger partial charge is 0.185 e. The third-order valence-corrected chi connectivity index (χ3v) is 2.60. The minimum atomic E-state index is -0.709. The summed E-state index contributed by atoms with van der Waals surface area (Å²) < 4.78 is 0. The number of nitrogens with zero attached hydrogens (tertiary/aromatic N) is 1. The van der Waals surface area contributed by atoms with Gasteiger partial charge in [0.1, 0.15) is 0 Å². The molecule has 4 nitrogen and oxygen atoms in total. The van der Waals surface area contributed by atoms with Crippen LogP contribution in [0.5, 0.6) is 0 Å². The van der Waals surface area contributed by atoms with E-state index in [1.807, 2.05) is 32.2 Å². The molecule has 0 bridgehead atoms. The molecule has 0 fully saturated rings. The van der Waals surface area contributed by atoms with Crippen LogP contribution >= 0.6 is 0 Å². The van der Waals surface area contributed by atoms with Gasteiger partial charge in [-0.25, -0.2) is 0 Å². The number of rotatable bonds is 0. The maximum absolute atomic E-state index is 9.62. The molecule has 0 spiro atoms. The van der Waals surface area contributed by atoms with Crippen LogP contribution in [0.2, 0.25) is 0 Å². The predicted octanol–water partition coefficient (Wildman–Crippen LogP) is 0.268. The normalized spacial score (nSPS) is 26.1. The van der Waals surface area contributed by atoms with Crippen molar-refractivity contribution in [3.8, 4) is 0 Å². The molecule has 0 aromatic heterocycles. The average molecular weight is 193 g/mol.